The van der Waals surface area contributed by atoms with Crippen molar-refractivity contribution in [2.24, 2.45) is 0 Å². The van der Waals surface area contributed by atoms with Gasteiger partial charge in [0.05, 0.1) is 22.7 Å². The lowest BCUT2D eigenvalue weighted by atomic mass is 10.1. The number of nitrogens with one attached hydrogen (secondary N) is 2. The Labute approximate surface area is 168 Å². The number of pyridine rings is 1. The van der Waals surface area contributed by atoms with E-state index in [0.717, 1.165) is 4.90 Å². The lowest BCUT2D eigenvalue weighted by Crippen LogP contribution is -2.44. The van der Waals surface area contributed by atoms with Crippen molar-refractivity contribution in [2.75, 3.05) is 29.3 Å². The van der Waals surface area contributed by atoms with Crippen molar-refractivity contribution in [3.05, 3.63) is 30.6 Å². The van der Waals surface area contributed by atoms with Gasteiger partial charge in [-0.3, -0.25) is 19.2 Å². The van der Waals surface area contributed by atoms with Crippen molar-refractivity contribution in [3.8, 4) is 0 Å². The normalized spacial score (nSPS) is 15.8. The Balaban J connectivity index is 1.49. The van der Waals surface area contributed by atoms with Crippen LogP contribution in [0.15, 0.2) is 30.6 Å². The molecular weight excluding hydrogens is 422 g/mol. The number of hydrogen-bond acceptors (Lipinski definition) is 7. The number of piperidine rings is 1. The van der Waals surface area contributed by atoms with Crippen molar-refractivity contribution in [2.45, 2.75) is 19.3 Å². The minimum absolute atomic E-state index is 0.216. The van der Waals surface area contributed by atoms with E-state index < -0.39 is 43.4 Å². The summed E-state index contributed by atoms with van der Waals surface area (Å²) in [5.41, 5.74) is 1.04. The van der Waals surface area contributed by atoms with Crippen LogP contribution >= 0.6 is 0 Å². The van der Waals surface area contributed by atoms with Crippen LogP contribution in [0.5, 0.6) is 0 Å². The van der Waals surface area contributed by atoms with Crippen LogP contribution in [0.25, 0.3) is 5.52 Å². The average molecular weight is 444 g/mol. The number of likely N-dealkylation sites (tertiary alicyclic amines) is 1. The molecule has 1 saturated heterocycles. The van der Waals surface area contributed by atoms with Gasteiger partial charge in [0.15, 0.2) is 0 Å². The van der Waals surface area contributed by atoms with Crippen LogP contribution in [0.2, 0.25) is 0 Å². The number of amides is 2. The zero-order valence-corrected chi connectivity index (χ0v) is 17.1. The number of carbonyl (C=O) groups excluding carboxylic acids is 2. The maximum Gasteiger partial charge on any atom is 0.234 e. The molecule has 0 saturated carbocycles. The summed E-state index contributed by atoms with van der Waals surface area (Å²) in [6.07, 6.45) is 4.08. The molecule has 0 aliphatic carbocycles. The smallest absolute Gasteiger partial charge is 0.234 e. The third kappa shape index (κ3) is 5.74. The first-order valence-electron chi connectivity index (χ1n) is 8.90. The maximum atomic E-state index is 12.2. The van der Waals surface area contributed by atoms with Crippen molar-refractivity contribution in [1.29, 1.82) is 0 Å². The molecule has 3 rings (SSSR count). The highest BCUT2D eigenvalue weighted by molar-refractivity contribution is 7.92. The second kappa shape index (κ2) is 8.47. The summed E-state index contributed by atoms with van der Waals surface area (Å²) in [6.45, 7) is -0.585. The number of aromatic nitrogens is 2. The fraction of sp³-hybridized carbons (Fsp3) is 0.438. The second-order valence-electron chi connectivity index (χ2n) is 6.54. The van der Waals surface area contributed by atoms with Crippen LogP contribution in [0.4, 0.5) is 5.69 Å². The van der Waals surface area contributed by atoms with E-state index in [1.807, 2.05) is 0 Å². The van der Waals surface area contributed by atoms with E-state index in [-0.39, 0.29) is 25.9 Å². The predicted octanol–water partition coefficient (Wildman–Crippen LogP) is -0.465. The summed E-state index contributed by atoms with van der Waals surface area (Å²) >= 11 is 0. The zero-order chi connectivity index (χ0) is 21.1. The molecule has 1 fully saturated rings. The first kappa shape index (κ1) is 21.2. The number of sulfonamides is 2. The van der Waals surface area contributed by atoms with Crippen LogP contribution in [-0.2, 0) is 29.6 Å². The number of fused-ring (bicyclic) bond motifs is 1. The number of imide groups is 1. The largest absolute Gasteiger partial charge is 0.283 e. The fourth-order valence-corrected chi connectivity index (χ4v) is 4.95. The molecule has 0 spiro atoms. The van der Waals surface area contributed by atoms with E-state index in [9.17, 15) is 26.4 Å². The molecule has 158 valence electrons. The quantitative estimate of drug-likeness (QED) is 0.498. The van der Waals surface area contributed by atoms with Crippen LogP contribution in [0.3, 0.4) is 0 Å². The van der Waals surface area contributed by atoms with Crippen LogP contribution in [0, 0.1) is 0 Å². The Kier molecular flexibility index (Phi) is 6.19. The third-order valence-corrected chi connectivity index (χ3v) is 6.98. The Morgan fingerprint density at radius 1 is 1.00 bits per heavy atom. The summed E-state index contributed by atoms with van der Waals surface area (Å²) in [5.74, 6) is -1.73. The van der Waals surface area contributed by atoms with E-state index in [2.05, 4.69) is 14.5 Å². The number of nitrogens with zero attached hydrogens (tertiary/aromatic N) is 3. The molecule has 2 aromatic heterocycles. The lowest BCUT2D eigenvalue weighted by Gasteiger charge is -2.24. The van der Waals surface area contributed by atoms with E-state index in [1.54, 1.807) is 29.0 Å². The number of hydrogen-bond donors (Lipinski definition) is 2. The van der Waals surface area contributed by atoms with Crippen molar-refractivity contribution < 1.29 is 26.4 Å². The van der Waals surface area contributed by atoms with Gasteiger partial charge in [-0.1, -0.05) is 0 Å². The molecule has 11 nitrogen and oxygen atoms in total. The fourth-order valence-electron chi connectivity index (χ4n) is 2.88. The molecule has 0 atom stereocenters. The van der Waals surface area contributed by atoms with Crippen LogP contribution in [0.1, 0.15) is 19.3 Å². The molecule has 0 unspecified atom stereocenters. The molecule has 2 aromatic rings. The summed E-state index contributed by atoms with van der Waals surface area (Å²) < 4.78 is 54.6. The highest BCUT2D eigenvalue weighted by atomic mass is 32.2. The monoisotopic (exact) mass is 443 g/mol. The minimum Gasteiger partial charge on any atom is -0.283 e. The van der Waals surface area contributed by atoms with E-state index in [0.29, 0.717) is 17.6 Å². The highest BCUT2D eigenvalue weighted by Gasteiger charge is 2.27. The number of carbonyl (C=O) groups is 2. The zero-order valence-electron chi connectivity index (χ0n) is 15.4. The number of rotatable bonds is 9. The molecule has 13 heteroatoms. The van der Waals surface area contributed by atoms with Gasteiger partial charge >= 0.3 is 0 Å². The van der Waals surface area contributed by atoms with Crippen LogP contribution < -0.4 is 9.44 Å². The molecule has 0 aromatic carbocycles. The maximum absolute atomic E-state index is 12.2. The predicted molar refractivity (Wildman–Crippen MR) is 105 cm³/mol. The average Bonchev–Trinajstić information content (AvgIpc) is 3.08. The summed E-state index contributed by atoms with van der Waals surface area (Å²) in [6, 6.07) is 4.85. The van der Waals surface area contributed by atoms with Gasteiger partial charge in [-0.25, -0.2) is 26.1 Å². The van der Waals surface area contributed by atoms with Crippen molar-refractivity contribution in [1.82, 2.24) is 19.2 Å². The molecule has 29 heavy (non-hydrogen) atoms. The molecule has 3 heterocycles. The van der Waals surface area contributed by atoms with Gasteiger partial charge in [-0.15, -0.1) is 0 Å². The first-order chi connectivity index (χ1) is 13.7. The molecule has 1 aliphatic heterocycles. The molecule has 0 bridgehead atoms. The standard InChI is InChI=1S/C16H21N5O6S2/c22-15-2-1-3-16(23)20(15)9-11-28(24,25)18-7-10-29(26,27)19-13-5-8-21-14(12-13)4-6-17-21/h4-6,8,12,18-19H,1-3,7,9-11H2. The van der Waals surface area contributed by atoms with Gasteiger partial charge in [0.2, 0.25) is 31.9 Å². The number of anilines is 1. The topological polar surface area (TPSA) is 147 Å². The third-order valence-electron chi connectivity index (χ3n) is 4.33. The van der Waals surface area contributed by atoms with Crippen molar-refractivity contribution >= 4 is 43.1 Å². The first-order valence-corrected chi connectivity index (χ1v) is 12.2. The highest BCUT2D eigenvalue weighted by Crippen LogP contribution is 2.13. The van der Waals surface area contributed by atoms with Gasteiger partial charge in [0.25, 0.3) is 0 Å². The minimum atomic E-state index is -3.84. The summed E-state index contributed by atoms with van der Waals surface area (Å²) in [7, 11) is -7.63. The Bertz CT molecular complexity index is 1110. The lowest BCUT2D eigenvalue weighted by molar-refractivity contribution is -0.147. The molecule has 1 aliphatic rings. The van der Waals surface area contributed by atoms with Gasteiger partial charge in [-0.05, 0) is 24.6 Å². The molecule has 2 N–H and O–H groups in total. The van der Waals surface area contributed by atoms with Gasteiger partial charge in [0, 0.05) is 38.3 Å². The van der Waals surface area contributed by atoms with Gasteiger partial charge < -0.3 is 0 Å². The van der Waals surface area contributed by atoms with Crippen LogP contribution in [-0.4, -0.2) is 67.8 Å². The SMILES string of the molecule is O=C1CCCC(=O)N1CCS(=O)(=O)NCCS(=O)(=O)Nc1ccn2nccc2c1. The van der Waals surface area contributed by atoms with Gasteiger partial charge in [0.1, 0.15) is 0 Å². The van der Waals surface area contributed by atoms with Gasteiger partial charge in [-0.2, -0.15) is 5.10 Å². The molecular formula is C16H21N5O6S2. The Hall–Kier alpha value is -2.51. The molecule has 2 amide bonds. The van der Waals surface area contributed by atoms with E-state index in [4.69, 9.17) is 0 Å². The van der Waals surface area contributed by atoms with E-state index >= 15 is 0 Å². The summed E-state index contributed by atoms with van der Waals surface area (Å²) in [4.78, 5) is 24.3. The van der Waals surface area contributed by atoms with Crippen molar-refractivity contribution in [3.63, 3.8) is 0 Å². The Morgan fingerprint density at radius 3 is 2.45 bits per heavy atom. The van der Waals surface area contributed by atoms with E-state index in [1.165, 1.54) is 6.07 Å². The summed E-state index contributed by atoms with van der Waals surface area (Å²) in [5, 5.41) is 4.01. The second-order valence-corrected chi connectivity index (χ2v) is 10.3. The Morgan fingerprint density at radius 2 is 1.72 bits per heavy atom. The molecule has 0 radical (unpaired) electrons.